The lowest BCUT2D eigenvalue weighted by Crippen LogP contribution is -2.26. The van der Waals surface area contributed by atoms with Crippen LogP contribution >= 0.6 is 0 Å². The average Bonchev–Trinajstić information content (AvgIpc) is 2.58. The Labute approximate surface area is 135 Å². The molecule has 1 aliphatic rings. The summed E-state index contributed by atoms with van der Waals surface area (Å²) in [6.07, 6.45) is 2.05. The standard InChI is InChI=1S/C22H17N/c1-22(2)18-9-5-8-14-10-11-23-21(20(14)18)17-12-15-6-3-4-7-16(15)13-19(17)22/h3-13H,1-2H3/p+1. The quantitative estimate of drug-likeness (QED) is 0.428. The van der Waals surface area contributed by atoms with Gasteiger partial charge in [-0.3, -0.25) is 0 Å². The molecule has 1 aliphatic carbocycles. The van der Waals surface area contributed by atoms with Gasteiger partial charge in [0.2, 0.25) is 5.69 Å². The van der Waals surface area contributed by atoms with E-state index >= 15 is 0 Å². The van der Waals surface area contributed by atoms with Crippen LogP contribution in [0, 0.1) is 0 Å². The van der Waals surface area contributed by atoms with Crippen molar-refractivity contribution in [1.82, 2.24) is 0 Å². The summed E-state index contributed by atoms with van der Waals surface area (Å²) in [7, 11) is 0. The van der Waals surface area contributed by atoms with Crippen molar-refractivity contribution in [1.29, 1.82) is 0 Å². The van der Waals surface area contributed by atoms with E-state index in [1.807, 2.05) is 0 Å². The summed E-state index contributed by atoms with van der Waals surface area (Å²) in [6, 6.07) is 22.2. The van der Waals surface area contributed by atoms with Crippen LogP contribution in [0.15, 0.2) is 66.9 Å². The number of pyridine rings is 1. The smallest absolute Gasteiger partial charge is 0.211 e. The second kappa shape index (κ2) is 4.20. The van der Waals surface area contributed by atoms with Crippen molar-refractivity contribution in [2.75, 3.05) is 0 Å². The fraction of sp³-hybridized carbons (Fsp3) is 0.136. The van der Waals surface area contributed by atoms with Crippen molar-refractivity contribution < 1.29 is 4.98 Å². The number of hydrogen-bond donors (Lipinski definition) is 0. The number of aromatic nitrogens is 1. The van der Waals surface area contributed by atoms with Gasteiger partial charge in [-0.2, -0.15) is 0 Å². The van der Waals surface area contributed by atoms with Crippen LogP contribution < -0.4 is 4.98 Å². The van der Waals surface area contributed by atoms with Gasteiger partial charge in [-0.25, -0.2) is 4.98 Å². The Morgan fingerprint density at radius 3 is 2.30 bits per heavy atom. The fourth-order valence-electron chi connectivity index (χ4n) is 4.12. The van der Waals surface area contributed by atoms with Gasteiger partial charge in [0.15, 0.2) is 6.20 Å². The summed E-state index contributed by atoms with van der Waals surface area (Å²) in [4.78, 5) is 3.51. The molecule has 23 heavy (non-hydrogen) atoms. The van der Waals surface area contributed by atoms with Gasteiger partial charge in [0.1, 0.15) is 0 Å². The molecular formula is C22H18N+. The molecule has 0 radical (unpaired) electrons. The van der Waals surface area contributed by atoms with Crippen LogP contribution in [0.5, 0.6) is 0 Å². The van der Waals surface area contributed by atoms with E-state index < -0.39 is 0 Å². The van der Waals surface area contributed by atoms with E-state index in [4.69, 9.17) is 0 Å². The van der Waals surface area contributed by atoms with Gasteiger partial charge in [-0.05, 0) is 39.4 Å². The molecule has 0 amide bonds. The number of fused-ring (bicyclic) bond motifs is 3. The predicted molar refractivity (Wildman–Crippen MR) is 95.6 cm³/mol. The minimum atomic E-state index is 0.00106. The highest BCUT2D eigenvalue weighted by Crippen LogP contribution is 2.47. The van der Waals surface area contributed by atoms with Gasteiger partial charge < -0.3 is 0 Å². The Hall–Kier alpha value is -2.67. The molecule has 1 heterocycles. The molecule has 0 saturated carbocycles. The highest BCUT2D eigenvalue weighted by Gasteiger charge is 2.36. The summed E-state index contributed by atoms with van der Waals surface area (Å²) in [5.74, 6) is 0. The Morgan fingerprint density at radius 1 is 0.739 bits per heavy atom. The first kappa shape index (κ1) is 12.8. The predicted octanol–water partition coefficient (Wildman–Crippen LogP) is 5.11. The average molecular weight is 296 g/mol. The van der Waals surface area contributed by atoms with Gasteiger partial charge in [-0.1, -0.05) is 56.3 Å². The fourth-order valence-corrected chi connectivity index (χ4v) is 4.12. The minimum absolute atomic E-state index is 0.00106. The lowest BCUT2D eigenvalue weighted by Gasteiger charge is -2.33. The molecule has 5 rings (SSSR count). The number of nitrogens with one attached hydrogen (secondary N) is 1. The first-order valence-electron chi connectivity index (χ1n) is 8.14. The highest BCUT2D eigenvalue weighted by atomic mass is 14.7. The molecule has 0 atom stereocenters. The number of rotatable bonds is 0. The van der Waals surface area contributed by atoms with Gasteiger partial charge >= 0.3 is 0 Å². The van der Waals surface area contributed by atoms with Crippen molar-refractivity contribution >= 4 is 21.5 Å². The molecule has 4 aromatic rings. The van der Waals surface area contributed by atoms with Crippen LogP contribution in [0.2, 0.25) is 0 Å². The van der Waals surface area contributed by atoms with Crippen molar-refractivity contribution in [2.24, 2.45) is 0 Å². The summed E-state index contributed by atoms with van der Waals surface area (Å²) in [6.45, 7) is 4.68. The van der Waals surface area contributed by atoms with Crippen LogP contribution in [0.1, 0.15) is 25.0 Å². The largest absolute Gasteiger partial charge is 0.219 e. The normalized spacial score (nSPS) is 14.9. The molecule has 0 bridgehead atoms. The molecule has 0 unspecified atom stereocenters. The van der Waals surface area contributed by atoms with Gasteiger partial charge in [0.05, 0.1) is 10.9 Å². The molecule has 1 heteroatoms. The molecule has 110 valence electrons. The van der Waals surface area contributed by atoms with Crippen molar-refractivity contribution in [3.63, 3.8) is 0 Å². The van der Waals surface area contributed by atoms with E-state index in [9.17, 15) is 0 Å². The zero-order valence-corrected chi connectivity index (χ0v) is 13.4. The van der Waals surface area contributed by atoms with Gasteiger partial charge in [0, 0.05) is 11.5 Å². The number of H-pyrrole nitrogens is 1. The Kier molecular flexibility index (Phi) is 2.34. The van der Waals surface area contributed by atoms with Gasteiger partial charge in [-0.15, -0.1) is 0 Å². The van der Waals surface area contributed by atoms with E-state index in [-0.39, 0.29) is 5.41 Å². The van der Waals surface area contributed by atoms with Crippen molar-refractivity contribution in [3.8, 4) is 11.3 Å². The summed E-state index contributed by atoms with van der Waals surface area (Å²) in [5, 5.41) is 5.28. The monoisotopic (exact) mass is 296 g/mol. The van der Waals surface area contributed by atoms with E-state index in [1.165, 1.54) is 43.9 Å². The van der Waals surface area contributed by atoms with Crippen LogP contribution in [0.25, 0.3) is 32.8 Å². The first-order chi connectivity index (χ1) is 11.2. The summed E-state index contributed by atoms with van der Waals surface area (Å²) >= 11 is 0. The molecule has 1 nitrogen and oxygen atoms in total. The maximum absolute atomic E-state index is 3.51. The Morgan fingerprint density at radius 2 is 1.48 bits per heavy atom. The summed E-state index contributed by atoms with van der Waals surface area (Å²) in [5.41, 5.74) is 5.39. The lowest BCUT2D eigenvalue weighted by atomic mass is 9.69. The number of benzene rings is 3. The van der Waals surface area contributed by atoms with Crippen LogP contribution in [-0.2, 0) is 5.41 Å². The number of hydrogen-bond acceptors (Lipinski definition) is 0. The molecule has 0 spiro atoms. The van der Waals surface area contributed by atoms with Gasteiger partial charge in [0.25, 0.3) is 0 Å². The second-order valence-corrected chi connectivity index (χ2v) is 6.99. The van der Waals surface area contributed by atoms with Crippen molar-refractivity contribution in [2.45, 2.75) is 19.3 Å². The molecule has 3 aromatic carbocycles. The van der Waals surface area contributed by atoms with Crippen LogP contribution in [-0.4, -0.2) is 0 Å². The maximum Gasteiger partial charge on any atom is 0.219 e. The Balaban J connectivity index is 2.02. The molecule has 1 N–H and O–H groups in total. The van der Waals surface area contributed by atoms with E-state index in [1.54, 1.807) is 0 Å². The van der Waals surface area contributed by atoms with Crippen LogP contribution in [0.3, 0.4) is 0 Å². The topological polar surface area (TPSA) is 14.1 Å². The second-order valence-electron chi connectivity index (χ2n) is 6.99. The third-order valence-electron chi connectivity index (χ3n) is 5.34. The maximum atomic E-state index is 3.51. The summed E-state index contributed by atoms with van der Waals surface area (Å²) < 4.78 is 0. The van der Waals surface area contributed by atoms with E-state index in [0.717, 1.165) is 0 Å². The van der Waals surface area contributed by atoms with Crippen molar-refractivity contribution in [3.05, 3.63) is 78.0 Å². The number of aromatic amines is 1. The molecular weight excluding hydrogens is 278 g/mol. The molecule has 0 aliphatic heterocycles. The highest BCUT2D eigenvalue weighted by molar-refractivity contribution is 6.02. The first-order valence-corrected chi connectivity index (χ1v) is 8.14. The minimum Gasteiger partial charge on any atom is -0.211 e. The Bertz CT molecular complexity index is 1080. The van der Waals surface area contributed by atoms with E-state index in [2.05, 4.69) is 85.7 Å². The molecule has 0 fully saturated rings. The lowest BCUT2D eigenvalue weighted by molar-refractivity contribution is -0.363. The zero-order valence-electron chi connectivity index (χ0n) is 13.4. The zero-order chi connectivity index (χ0) is 15.6. The molecule has 0 saturated heterocycles. The molecule has 1 aromatic heterocycles. The SMILES string of the molecule is CC1(C)c2cc3ccccc3cc2-c2[nH+]ccc3cccc1c23. The van der Waals surface area contributed by atoms with E-state index in [0.29, 0.717) is 0 Å². The third kappa shape index (κ3) is 1.60. The third-order valence-corrected chi connectivity index (χ3v) is 5.34. The van der Waals surface area contributed by atoms with Crippen LogP contribution in [0.4, 0.5) is 0 Å².